The Morgan fingerprint density at radius 3 is 2.89 bits per heavy atom. The fraction of sp³-hybridized carbons (Fsp3) is 0.688. The van der Waals surface area contributed by atoms with Gasteiger partial charge in [0, 0.05) is 12.2 Å². The van der Waals surface area contributed by atoms with Crippen molar-refractivity contribution in [2.75, 3.05) is 6.54 Å². The predicted molar refractivity (Wildman–Crippen MR) is 74.5 cm³/mol. The number of nitrogens with one attached hydrogen (secondary N) is 1. The highest BCUT2D eigenvalue weighted by atomic mass is 19.1. The standard InChI is InChI=1S/C16H23FN2/c1-11-2-3-12(9-19-13-4-5-13)15(8-11)14-6-7-18-10-16(14)17/h6-7,10-13,15,19H,2-5,8-9H2,1H3. The van der Waals surface area contributed by atoms with E-state index >= 15 is 0 Å². The van der Waals surface area contributed by atoms with Gasteiger partial charge in [0.05, 0.1) is 6.20 Å². The molecule has 3 heteroatoms. The normalized spacial score (nSPS) is 31.4. The molecule has 2 aliphatic rings. The summed E-state index contributed by atoms with van der Waals surface area (Å²) in [6, 6.07) is 2.62. The van der Waals surface area contributed by atoms with Crippen molar-refractivity contribution in [1.29, 1.82) is 0 Å². The summed E-state index contributed by atoms with van der Waals surface area (Å²) in [5, 5.41) is 3.62. The highest BCUT2D eigenvalue weighted by molar-refractivity contribution is 5.20. The van der Waals surface area contributed by atoms with Gasteiger partial charge in [-0.2, -0.15) is 0 Å². The Morgan fingerprint density at radius 2 is 2.16 bits per heavy atom. The van der Waals surface area contributed by atoms with Crippen LogP contribution in [0.2, 0.25) is 0 Å². The molecule has 3 unspecified atom stereocenters. The number of halogens is 1. The van der Waals surface area contributed by atoms with Crippen LogP contribution in [-0.2, 0) is 0 Å². The molecule has 0 bridgehead atoms. The van der Waals surface area contributed by atoms with Gasteiger partial charge in [-0.3, -0.25) is 4.98 Å². The molecular weight excluding hydrogens is 239 g/mol. The SMILES string of the molecule is CC1CCC(CNC2CC2)C(c2ccncc2F)C1. The Bertz CT molecular complexity index is 431. The summed E-state index contributed by atoms with van der Waals surface area (Å²) in [4.78, 5) is 3.88. The first kappa shape index (κ1) is 13.0. The molecule has 0 saturated heterocycles. The minimum atomic E-state index is -0.127. The summed E-state index contributed by atoms with van der Waals surface area (Å²) >= 11 is 0. The average molecular weight is 262 g/mol. The molecule has 0 spiro atoms. The Balaban J connectivity index is 1.74. The van der Waals surface area contributed by atoms with Crippen molar-refractivity contribution in [3.05, 3.63) is 29.8 Å². The smallest absolute Gasteiger partial charge is 0.144 e. The molecule has 2 nitrogen and oxygen atoms in total. The summed E-state index contributed by atoms with van der Waals surface area (Å²) in [6.45, 7) is 3.33. The predicted octanol–water partition coefficient (Wildman–Crippen LogP) is 3.49. The van der Waals surface area contributed by atoms with Crippen molar-refractivity contribution >= 4 is 0 Å². The first-order valence-corrected chi connectivity index (χ1v) is 7.57. The van der Waals surface area contributed by atoms with E-state index in [1.807, 2.05) is 6.07 Å². The van der Waals surface area contributed by atoms with Crippen molar-refractivity contribution in [3.63, 3.8) is 0 Å². The van der Waals surface area contributed by atoms with E-state index in [4.69, 9.17) is 0 Å². The van der Waals surface area contributed by atoms with Crippen LogP contribution in [0.15, 0.2) is 18.5 Å². The zero-order valence-electron chi connectivity index (χ0n) is 11.6. The van der Waals surface area contributed by atoms with E-state index in [9.17, 15) is 4.39 Å². The zero-order chi connectivity index (χ0) is 13.2. The van der Waals surface area contributed by atoms with E-state index in [1.54, 1.807) is 6.20 Å². The van der Waals surface area contributed by atoms with Gasteiger partial charge in [-0.15, -0.1) is 0 Å². The molecule has 0 amide bonds. The zero-order valence-corrected chi connectivity index (χ0v) is 11.6. The molecular formula is C16H23FN2. The molecule has 0 aliphatic heterocycles. The lowest BCUT2D eigenvalue weighted by atomic mass is 9.71. The number of pyridine rings is 1. The van der Waals surface area contributed by atoms with E-state index in [1.165, 1.54) is 31.9 Å². The van der Waals surface area contributed by atoms with Crippen LogP contribution in [-0.4, -0.2) is 17.6 Å². The van der Waals surface area contributed by atoms with Crippen LogP contribution in [0.25, 0.3) is 0 Å². The third-order valence-electron chi connectivity index (χ3n) is 4.70. The van der Waals surface area contributed by atoms with E-state index in [0.717, 1.165) is 24.6 Å². The van der Waals surface area contributed by atoms with Crippen LogP contribution in [0.5, 0.6) is 0 Å². The van der Waals surface area contributed by atoms with Crippen LogP contribution in [0.3, 0.4) is 0 Å². The molecule has 2 saturated carbocycles. The molecule has 3 atom stereocenters. The molecule has 104 valence electrons. The Kier molecular flexibility index (Phi) is 3.83. The number of hydrogen-bond donors (Lipinski definition) is 1. The summed E-state index contributed by atoms with van der Waals surface area (Å²) in [5.74, 6) is 1.51. The fourth-order valence-electron chi connectivity index (χ4n) is 3.36. The lowest BCUT2D eigenvalue weighted by Gasteiger charge is -2.35. The van der Waals surface area contributed by atoms with Gasteiger partial charge in [-0.1, -0.05) is 13.3 Å². The van der Waals surface area contributed by atoms with E-state index in [0.29, 0.717) is 17.8 Å². The van der Waals surface area contributed by atoms with Crippen molar-refractivity contribution in [2.45, 2.75) is 51.0 Å². The van der Waals surface area contributed by atoms with Gasteiger partial charge < -0.3 is 5.32 Å². The van der Waals surface area contributed by atoms with E-state index < -0.39 is 0 Å². The van der Waals surface area contributed by atoms with Crippen LogP contribution < -0.4 is 5.32 Å². The van der Waals surface area contributed by atoms with Gasteiger partial charge in [0.15, 0.2) is 0 Å². The molecule has 0 radical (unpaired) electrons. The molecule has 1 aromatic heterocycles. The highest BCUT2D eigenvalue weighted by Crippen LogP contribution is 2.41. The Hall–Kier alpha value is -0.960. The highest BCUT2D eigenvalue weighted by Gasteiger charge is 2.32. The van der Waals surface area contributed by atoms with Crippen molar-refractivity contribution in [2.24, 2.45) is 11.8 Å². The molecule has 2 aliphatic carbocycles. The molecule has 1 N–H and O–H groups in total. The third-order valence-corrected chi connectivity index (χ3v) is 4.70. The van der Waals surface area contributed by atoms with Crippen LogP contribution in [0.1, 0.15) is 50.5 Å². The lowest BCUT2D eigenvalue weighted by molar-refractivity contribution is 0.237. The summed E-state index contributed by atoms with van der Waals surface area (Å²) in [7, 11) is 0. The van der Waals surface area contributed by atoms with E-state index in [-0.39, 0.29) is 5.82 Å². The second-order valence-corrected chi connectivity index (χ2v) is 6.36. The van der Waals surface area contributed by atoms with Crippen LogP contribution in [0, 0.1) is 17.7 Å². The molecule has 0 aromatic carbocycles. The largest absolute Gasteiger partial charge is 0.314 e. The van der Waals surface area contributed by atoms with Gasteiger partial charge in [0.2, 0.25) is 0 Å². The Labute approximate surface area is 114 Å². The third kappa shape index (κ3) is 3.14. The van der Waals surface area contributed by atoms with Gasteiger partial charge >= 0.3 is 0 Å². The van der Waals surface area contributed by atoms with Crippen molar-refractivity contribution in [3.8, 4) is 0 Å². The van der Waals surface area contributed by atoms with Crippen molar-refractivity contribution < 1.29 is 4.39 Å². The lowest BCUT2D eigenvalue weighted by Crippen LogP contribution is -2.33. The quantitative estimate of drug-likeness (QED) is 0.898. The fourth-order valence-corrected chi connectivity index (χ4v) is 3.36. The molecule has 1 aromatic rings. The van der Waals surface area contributed by atoms with Gasteiger partial charge in [-0.25, -0.2) is 4.39 Å². The second kappa shape index (κ2) is 5.58. The van der Waals surface area contributed by atoms with Gasteiger partial charge in [-0.05, 0) is 61.6 Å². The molecule has 3 rings (SSSR count). The summed E-state index contributed by atoms with van der Waals surface area (Å²) in [5.41, 5.74) is 0.879. The Morgan fingerprint density at radius 1 is 1.32 bits per heavy atom. The monoisotopic (exact) mass is 262 g/mol. The first-order valence-electron chi connectivity index (χ1n) is 7.57. The summed E-state index contributed by atoms with van der Waals surface area (Å²) < 4.78 is 14.0. The minimum absolute atomic E-state index is 0.127. The van der Waals surface area contributed by atoms with E-state index in [2.05, 4.69) is 17.2 Å². The topological polar surface area (TPSA) is 24.9 Å². The average Bonchev–Trinajstić information content (AvgIpc) is 3.22. The second-order valence-electron chi connectivity index (χ2n) is 6.36. The maximum atomic E-state index is 14.0. The first-order chi connectivity index (χ1) is 9.24. The van der Waals surface area contributed by atoms with Crippen molar-refractivity contribution in [1.82, 2.24) is 10.3 Å². The molecule has 19 heavy (non-hydrogen) atoms. The summed E-state index contributed by atoms with van der Waals surface area (Å²) in [6.07, 6.45) is 9.32. The molecule has 1 heterocycles. The maximum Gasteiger partial charge on any atom is 0.144 e. The van der Waals surface area contributed by atoms with Crippen LogP contribution in [0.4, 0.5) is 4.39 Å². The minimum Gasteiger partial charge on any atom is -0.314 e. The van der Waals surface area contributed by atoms with Gasteiger partial charge in [0.25, 0.3) is 0 Å². The number of hydrogen-bond acceptors (Lipinski definition) is 2. The van der Waals surface area contributed by atoms with Crippen LogP contribution >= 0.6 is 0 Å². The number of nitrogens with zero attached hydrogens (tertiary/aromatic N) is 1. The molecule has 2 fully saturated rings. The maximum absolute atomic E-state index is 14.0. The number of aromatic nitrogens is 1. The van der Waals surface area contributed by atoms with Gasteiger partial charge in [0.1, 0.15) is 5.82 Å². The number of rotatable bonds is 4.